The lowest BCUT2D eigenvalue weighted by atomic mass is 10.4. The first-order valence-corrected chi connectivity index (χ1v) is 4.44. The van der Waals surface area contributed by atoms with E-state index in [-0.39, 0.29) is 5.69 Å². The zero-order valence-electron chi connectivity index (χ0n) is 7.61. The second-order valence-electron chi connectivity index (χ2n) is 2.34. The smallest absolute Gasteiger partial charge is 0.418 e. The van der Waals surface area contributed by atoms with E-state index >= 15 is 0 Å². The number of esters is 1. The molecule has 1 aromatic heterocycles. The quantitative estimate of drug-likeness (QED) is 0.722. The lowest BCUT2D eigenvalue weighted by molar-refractivity contribution is 0.0586. The van der Waals surface area contributed by atoms with Gasteiger partial charge in [0.05, 0.1) is 18.7 Å². The molecule has 1 heterocycles. The SMILES string of the molecule is COC(=O)c1c(Br)ccn1C(=O)OC. The number of rotatable bonds is 1. The van der Waals surface area contributed by atoms with E-state index in [1.165, 1.54) is 20.4 Å². The van der Waals surface area contributed by atoms with Crippen LogP contribution in [0, 0.1) is 0 Å². The minimum Gasteiger partial charge on any atom is -0.464 e. The van der Waals surface area contributed by atoms with Crippen LogP contribution in [0.2, 0.25) is 0 Å². The molecule has 6 heteroatoms. The molecule has 0 bridgehead atoms. The standard InChI is InChI=1S/C8H8BrNO4/c1-13-7(11)6-5(9)3-4-10(6)8(12)14-2/h3-4H,1-2H3. The normalized spacial score (nSPS) is 9.64. The maximum Gasteiger partial charge on any atom is 0.418 e. The first kappa shape index (κ1) is 10.8. The molecule has 1 aromatic rings. The van der Waals surface area contributed by atoms with E-state index in [2.05, 4.69) is 25.4 Å². The maximum absolute atomic E-state index is 11.3. The van der Waals surface area contributed by atoms with Crippen LogP contribution in [-0.4, -0.2) is 30.8 Å². The third-order valence-corrected chi connectivity index (χ3v) is 2.23. The lowest BCUT2D eigenvalue weighted by Crippen LogP contribution is -2.17. The second kappa shape index (κ2) is 4.28. The largest absolute Gasteiger partial charge is 0.464 e. The number of aromatic nitrogens is 1. The summed E-state index contributed by atoms with van der Waals surface area (Å²) in [5, 5.41) is 0. The first-order chi connectivity index (χ1) is 6.61. The molecule has 1 rings (SSSR count). The molecule has 0 atom stereocenters. The van der Waals surface area contributed by atoms with Crippen molar-refractivity contribution in [3.05, 3.63) is 22.4 Å². The van der Waals surface area contributed by atoms with Crippen LogP contribution in [0.5, 0.6) is 0 Å². The Bertz CT molecular complexity index is 371. The summed E-state index contributed by atoms with van der Waals surface area (Å²) in [6.07, 6.45) is 0.776. The second-order valence-corrected chi connectivity index (χ2v) is 3.20. The van der Waals surface area contributed by atoms with Crippen LogP contribution in [0.1, 0.15) is 10.5 Å². The van der Waals surface area contributed by atoms with E-state index < -0.39 is 12.1 Å². The minimum atomic E-state index is -0.642. The van der Waals surface area contributed by atoms with Gasteiger partial charge in [-0.05, 0) is 22.0 Å². The summed E-state index contributed by atoms with van der Waals surface area (Å²) in [5.41, 5.74) is 0.111. The lowest BCUT2D eigenvalue weighted by Gasteiger charge is -2.04. The molecule has 5 nitrogen and oxygen atoms in total. The summed E-state index contributed by atoms with van der Waals surface area (Å²) >= 11 is 3.13. The third-order valence-electron chi connectivity index (χ3n) is 1.59. The number of hydrogen-bond acceptors (Lipinski definition) is 4. The number of halogens is 1. The Balaban J connectivity index is 3.19. The van der Waals surface area contributed by atoms with E-state index in [0.29, 0.717) is 4.47 Å². The molecule has 0 unspecified atom stereocenters. The minimum absolute atomic E-state index is 0.111. The van der Waals surface area contributed by atoms with Crippen molar-refractivity contribution in [2.45, 2.75) is 0 Å². The van der Waals surface area contributed by atoms with Crippen molar-refractivity contribution in [1.29, 1.82) is 0 Å². The van der Waals surface area contributed by atoms with Crippen LogP contribution in [0.4, 0.5) is 4.79 Å². The highest BCUT2D eigenvalue weighted by Crippen LogP contribution is 2.19. The zero-order valence-corrected chi connectivity index (χ0v) is 9.20. The molecule has 0 radical (unpaired) electrons. The van der Waals surface area contributed by atoms with Gasteiger partial charge in [0.15, 0.2) is 5.69 Å². The molecule has 0 N–H and O–H groups in total. The summed E-state index contributed by atoms with van der Waals surface area (Å²) in [6, 6.07) is 1.56. The van der Waals surface area contributed by atoms with Gasteiger partial charge in [0.2, 0.25) is 0 Å². The van der Waals surface area contributed by atoms with Crippen molar-refractivity contribution in [3.8, 4) is 0 Å². The Morgan fingerprint density at radius 1 is 1.36 bits per heavy atom. The van der Waals surface area contributed by atoms with Gasteiger partial charge in [-0.15, -0.1) is 0 Å². The number of carbonyl (C=O) groups is 2. The summed E-state index contributed by atoms with van der Waals surface area (Å²) < 4.78 is 10.5. The van der Waals surface area contributed by atoms with Gasteiger partial charge in [0.25, 0.3) is 0 Å². The van der Waals surface area contributed by atoms with Gasteiger partial charge in [0, 0.05) is 6.20 Å². The van der Waals surface area contributed by atoms with Crippen LogP contribution in [0.25, 0.3) is 0 Å². The Labute approximate surface area is 88.7 Å². The van der Waals surface area contributed by atoms with Crippen molar-refractivity contribution >= 4 is 28.0 Å². The average Bonchev–Trinajstić information content (AvgIpc) is 2.58. The average molecular weight is 262 g/mol. The molecule has 0 amide bonds. The number of hydrogen-bond donors (Lipinski definition) is 0. The number of ether oxygens (including phenoxy) is 2. The molecule has 0 spiro atoms. The Morgan fingerprint density at radius 3 is 2.50 bits per heavy atom. The summed E-state index contributed by atoms with van der Waals surface area (Å²) in [7, 11) is 2.47. The van der Waals surface area contributed by atoms with Gasteiger partial charge < -0.3 is 9.47 Å². The highest BCUT2D eigenvalue weighted by molar-refractivity contribution is 9.10. The van der Waals surface area contributed by atoms with Crippen molar-refractivity contribution in [2.24, 2.45) is 0 Å². The topological polar surface area (TPSA) is 57.5 Å². The fourth-order valence-corrected chi connectivity index (χ4v) is 1.42. The van der Waals surface area contributed by atoms with Crippen LogP contribution in [-0.2, 0) is 9.47 Å². The molecule has 76 valence electrons. The van der Waals surface area contributed by atoms with Gasteiger partial charge in [-0.1, -0.05) is 0 Å². The number of nitrogens with zero attached hydrogens (tertiary/aromatic N) is 1. The molecule has 14 heavy (non-hydrogen) atoms. The fourth-order valence-electron chi connectivity index (χ4n) is 0.952. The Hall–Kier alpha value is -1.30. The molecule has 0 aromatic carbocycles. The third kappa shape index (κ3) is 1.79. The van der Waals surface area contributed by atoms with Gasteiger partial charge >= 0.3 is 12.1 Å². The van der Waals surface area contributed by atoms with Crippen LogP contribution < -0.4 is 0 Å². The van der Waals surface area contributed by atoms with Gasteiger partial charge in [-0.25, -0.2) is 14.2 Å². The summed E-state index contributed by atoms with van der Waals surface area (Å²) in [5.74, 6) is -0.604. The van der Waals surface area contributed by atoms with Crippen molar-refractivity contribution in [3.63, 3.8) is 0 Å². The van der Waals surface area contributed by atoms with Crippen molar-refractivity contribution < 1.29 is 19.1 Å². The highest BCUT2D eigenvalue weighted by atomic mass is 79.9. The van der Waals surface area contributed by atoms with E-state index in [1.807, 2.05) is 0 Å². The van der Waals surface area contributed by atoms with E-state index in [0.717, 1.165) is 4.57 Å². The van der Waals surface area contributed by atoms with Gasteiger partial charge in [-0.2, -0.15) is 0 Å². The summed E-state index contributed by atoms with van der Waals surface area (Å²) in [4.78, 5) is 22.4. The predicted octanol–water partition coefficient (Wildman–Crippen LogP) is 1.65. The van der Waals surface area contributed by atoms with Crippen LogP contribution in [0.3, 0.4) is 0 Å². The van der Waals surface area contributed by atoms with Crippen LogP contribution >= 0.6 is 15.9 Å². The molecule has 0 saturated carbocycles. The summed E-state index contributed by atoms with van der Waals surface area (Å²) in [6.45, 7) is 0. The maximum atomic E-state index is 11.3. The molecular weight excluding hydrogens is 254 g/mol. The first-order valence-electron chi connectivity index (χ1n) is 3.65. The Kier molecular flexibility index (Phi) is 3.29. The van der Waals surface area contributed by atoms with Gasteiger partial charge in [0.1, 0.15) is 0 Å². The van der Waals surface area contributed by atoms with Gasteiger partial charge in [-0.3, -0.25) is 0 Å². The fraction of sp³-hybridized carbons (Fsp3) is 0.250. The monoisotopic (exact) mass is 261 g/mol. The molecule has 0 fully saturated rings. The van der Waals surface area contributed by atoms with E-state index in [9.17, 15) is 9.59 Å². The van der Waals surface area contributed by atoms with E-state index in [1.54, 1.807) is 6.07 Å². The van der Waals surface area contributed by atoms with Crippen molar-refractivity contribution in [2.75, 3.05) is 14.2 Å². The van der Waals surface area contributed by atoms with Crippen molar-refractivity contribution in [1.82, 2.24) is 4.57 Å². The number of carbonyl (C=O) groups excluding carboxylic acids is 2. The highest BCUT2D eigenvalue weighted by Gasteiger charge is 2.20. The predicted molar refractivity (Wildman–Crippen MR) is 51.3 cm³/mol. The van der Waals surface area contributed by atoms with Crippen LogP contribution in [0.15, 0.2) is 16.7 Å². The molecule has 0 saturated heterocycles. The van der Waals surface area contributed by atoms with E-state index in [4.69, 9.17) is 0 Å². The molecule has 0 aliphatic carbocycles. The number of methoxy groups -OCH3 is 2. The molecule has 0 aliphatic heterocycles. The molecule has 0 aliphatic rings. The molecular formula is C8H8BrNO4. The Morgan fingerprint density at radius 2 is 2.00 bits per heavy atom. The zero-order chi connectivity index (χ0) is 10.7.